The molecule has 4 nitrogen and oxygen atoms in total. The fourth-order valence-corrected chi connectivity index (χ4v) is 14.5. The molecule has 13 aromatic rings. The third-order valence-corrected chi connectivity index (χ3v) is 19.8. The van der Waals surface area contributed by atoms with Crippen molar-refractivity contribution in [2.24, 2.45) is 0 Å². The molecular weight excluding hydrogens is 1170 g/mol. The summed E-state index contributed by atoms with van der Waals surface area (Å²) in [6.07, 6.45) is 0. The molecular formula is C92H75BN4. The van der Waals surface area contributed by atoms with Crippen molar-refractivity contribution in [3.63, 3.8) is 0 Å². The second-order valence-electron chi connectivity index (χ2n) is 29.1. The van der Waals surface area contributed by atoms with Gasteiger partial charge in [-0.15, -0.1) is 0 Å². The summed E-state index contributed by atoms with van der Waals surface area (Å²) in [7, 11) is 0. The smallest absolute Gasteiger partial charge is 0.252 e. The lowest BCUT2D eigenvalue weighted by atomic mass is 9.33. The van der Waals surface area contributed by atoms with Gasteiger partial charge >= 0.3 is 0 Å². The van der Waals surface area contributed by atoms with Gasteiger partial charge in [-0.1, -0.05) is 293 Å². The van der Waals surface area contributed by atoms with E-state index >= 15 is 0 Å². The topological polar surface area (TPSA) is 34.6 Å². The van der Waals surface area contributed by atoms with Crippen molar-refractivity contribution in [3.05, 3.63) is 325 Å². The van der Waals surface area contributed by atoms with Gasteiger partial charge in [-0.2, -0.15) is 5.26 Å². The lowest BCUT2D eigenvalue weighted by Crippen LogP contribution is -2.61. The number of benzene rings is 13. The van der Waals surface area contributed by atoms with Crippen LogP contribution in [0.5, 0.6) is 0 Å². The van der Waals surface area contributed by atoms with Gasteiger partial charge in [-0.3, -0.25) is 0 Å². The van der Waals surface area contributed by atoms with E-state index < -0.39 is 0 Å². The maximum absolute atomic E-state index is 10.1. The Morgan fingerprint density at radius 1 is 0.309 bits per heavy atom. The second kappa shape index (κ2) is 24.4. The number of nitrogens with zero attached hydrogens (tertiary/aromatic N) is 4. The number of nitriles is 1. The summed E-state index contributed by atoms with van der Waals surface area (Å²) >= 11 is 0. The summed E-state index contributed by atoms with van der Waals surface area (Å²) in [5, 5.41) is 10.1. The zero-order valence-corrected chi connectivity index (χ0v) is 56.6. The van der Waals surface area contributed by atoms with E-state index in [1.807, 2.05) is 24.3 Å². The predicted molar refractivity (Wildman–Crippen MR) is 411 cm³/mol. The van der Waals surface area contributed by atoms with Crippen LogP contribution in [-0.4, -0.2) is 6.71 Å². The fourth-order valence-electron chi connectivity index (χ4n) is 14.5. The van der Waals surface area contributed by atoms with Gasteiger partial charge in [0.15, 0.2) is 5.69 Å². The van der Waals surface area contributed by atoms with Crippen LogP contribution in [0.15, 0.2) is 291 Å². The SMILES string of the molecule is [C-]#[N+]c1ccc(-c2cc(-c3ccccc3)c(N3c4ccc(-c5ccccc5)cc4B4c5cc(-c6ccccc6)ccc5N(c5c(-c6ccccc6)cc(-c6ccc(C#N)cc6)cc5-c5ccc(C(C)(C)C)cc5)c5cc(C(C)(C)C)cc3c54)c(-c3ccc(C(C)(C)C)cc3)c2)cc1. The maximum Gasteiger partial charge on any atom is 0.252 e. The molecule has 5 heteroatoms. The molecule has 0 fully saturated rings. The van der Waals surface area contributed by atoms with Crippen LogP contribution in [0.3, 0.4) is 0 Å². The molecule has 0 atom stereocenters. The Hall–Kier alpha value is -11.5. The van der Waals surface area contributed by atoms with Crippen LogP contribution < -0.4 is 26.2 Å². The number of anilines is 6. The normalized spacial score (nSPS) is 12.5. The Kier molecular flexibility index (Phi) is 15.5. The van der Waals surface area contributed by atoms with Gasteiger partial charge in [0.2, 0.25) is 0 Å². The van der Waals surface area contributed by atoms with E-state index in [1.165, 1.54) is 33.1 Å². The minimum absolute atomic E-state index is 0.0740. The number of hydrogen-bond donors (Lipinski definition) is 0. The molecule has 466 valence electrons. The third kappa shape index (κ3) is 11.4. The van der Waals surface area contributed by atoms with Crippen LogP contribution in [0.1, 0.15) is 84.6 Å². The number of hydrogen-bond acceptors (Lipinski definition) is 3. The molecule has 0 aromatic heterocycles. The number of rotatable bonds is 10. The van der Waals surface area contributed by atoms with Crippen molar-refractivity contribution in [1.82, 2.24) is 0 Å². The van der Waals surface area contributed by atoms with Gasteiger partial charge in [0.25, 0.3) is 6.71 Å². The molecule has 0 saturated carbocycles. The van der Waals surface area contributed by atoms with Crippen LogP contribution in [-0.2, 0) is 16.2 Å². The molecule has 0 unspecified atom stereocenters. The van der Waals surface area contributed by atoms with Gasteiger partial charge in [0.05, 0.1) is 29.6 Å². The van der Waals surface area contributed by atoms with Crippen molar-refractivity contribution >= 4 is 62.9 Å². The van der Waals surface area contributed by atoms with Crippen molar-refractivity contribution in [2.75, 3.05) is 9.80 Å². The van der Waals surface area contributed by atoms with Gasteiger partial charge < -0.3 is 9.80 Å². The molecule has 0 aliphatic carbocycles. The predicted octanol–water partition coefficient (Wildman–Crippen LogP) is 23.4. The van der Waals surface area contributed by atoms with Crippen LogP contribution >= 0.6 is 0 Å². The van der Waals surface area contributed by atoms with E-state index in [-0.39, 0.29) is 23.0 Å². The zero-order chi connectivity index (χ0) is 66.9. The van der Waals surface area contributed by atoms with Gasteiger partial charge in [-0.05, 0) is 177 Å². The highest BCUT2D eigenvalue weighted by molar-refractivity contribution is 7.00. The van der Waals surface area contributed by atoms with Crippen molar-refractivity contribution in [3.8, 4) is 95.1 Å². The van der Waals surface area contributed by atoms with E-state index in [0.717, 1.165) is 123 Å². The molecule has 13 aromatic carbocycles. The molecule has 0 bridgehead atoms. The highest BCUT2D eigenvalue weighted by Crippen LogP contribution is 2.55. The van der Waals surface area contributed by atoms with Gasteiger partial charge in [0.1, 0.15) is 0 Å². The largest absolute Gasteiger partial charge is 0.310 e. The Balaban J connectivity index is 1.13. The quantitative estimate of drug-likeness (QED) is 0.101. The molecule has 0 radical (unpaired) electrons. The third-order valence-electron chi connectivity index (χ3n) is 19.8. The molecule has 0 amide bonds. The van der Waals surface area contributed by atoms with Gasteiger partial charge in [-0.25, -0.2) is 4.85 Å². The van der Waals surface area contributed by atoms with Crippen LogP contribution in [0.4, 0.5) is 39.8 Å². The first kappa shape index (κ1) is 61.7. The van der Waals surface area contributed by atoms with Crippen molar-refractivity contribution < 1.29 is 0 Å². The summed E-state index contributed by atoms with van der Waals surface area (Å²) < 4.78 is 0. The summed E-state index contributed by atoms with van der Waals surface area (Å²) in [6.45, 7) is 28.4. The lowest BCUT2D eigenvalue weighted by molar-refractivity contribution is 0.590. The molecule has 2 aliphatic heterocycles. The Morgan fingerprint density at radius 3 is 0.959 bits per heavy atom. The minimum atomic E-state index is -0.337. The summed E-state index contributed by atoms with van der Waals surface area (Å²) in [5.41, 5.74) is 32.1. The molecule has 2 heterocycles. The van der Waals surface area contributed by atoms with Crippen molar-refractivity contribution in [1.29, 1.82) is 5.26 Å². The Bertz CT molecular complexity index is 4920. The average molecular weight is 1250 g/mol. The minimum Gasteiger partial charge on any atom is -0.310 e. The summed E-state index contributed by atoms with van der Waals surface area (Å²) in [5.74, 6) is 0. The van der Waals surface area contributed by atoms with E-state index in [4.69, 9.17) is 6.57 Å². The van der Waals surface area contributed by atoms with Gasteiger partial charge in [0, 0.05) is 45.0 Å². The zero-order valence-electron chi connectivity index (χ0n) is 56.6. The first-order valence-corrected chi connectivity index (χ1v) is 33.7. The highest BCUT2D eigenvalue weighted by Gasteiger charge is 2.46. The number of fused-ring (bicyclic) bond motifs is 4. The van der Waals surface area contributed by atoms with E-state index in [1.54, 1.807) is 0 Å². The molecule has 0 saturated heterocycles. The van der Waals surface area contributed by atoms with Crippen LogP contribution in [0.25, 0.3) is 93.9 Å². The van der Waals surface area contributed by atoms with E-state index in [9.17, 15) is 5.26 Å². The van der Waals surface area contributed by atoms with E-state index in [0.29, 0.717) is 11.3 Å². The van der Waals surface area contributed by atoms with E-state index in [2.05, 4.69) is 350 Å². The standard InChI is InChI=1S/C92H75BN4/c1-90(2,3)73-43-35-67(36-44-73)79-53-71(63-33-31-60(59-94)32-34-63)51-77(65-27-19-13-20-28-65)88(79)96-83-49-41-69(61-23-15-11-16-24-61)55-81(83)93-82-56-70(62-25-17-12-18-26-62)42-50-84(82)97(86-58-75(92(7,8)9)57-85(96)87(86)93)89-78(66-29-21-14-22-30-66)52-72(64-39-47-76(95-10)48-40-64)54-80(89)68-37-45-74(46-38-68)91(4,5)6/h11-58H,1-9H3. The second-order valence-corrected chi connectivity index (χ2v) is 29.1. The summed E-state index contributed by atoms with van der Waals surface area (Å²) in [4.78, 5) is 9.12. The fraction of sp³-hybridized carbons (Fsp3) is 0.130. The van der Waals surface area contributed by atoms with Crippen LogP contribution in [0.2, 0.25) is 0 Å². The average Bonchev–Trinajstić information content (AvgIpc) is 0.687. The van der Waals surface area contributed by atoms with Crippen LogP contribution in [0, 0.1) is 17.9 Å². The molecule has 97 heavy (non-hydrogen) atoms. The first-order valence-electron chi connectivity index (χ1n) is 33.7. The van der Waals surface area contributed by atoms with Crippen molar-refractivity contribution in [2.45, 2.75) is 78.6 Å². The molecule has 0 spiro atoms. The lowest BCUT2D eigenvalue weighted by Gasteiger charge is -2.46. The maximum atomic E-state index is 10.1. The Morgan fingerprint density at radius 2 is 0.619 bits per heavy atom. The highest BCUT2D eigenvalue weighted by atomic mass is 15.2. The first-order chi connectivity index (χ1) is 46.9. The summed E-state index contributed by atoms with van der Waals surface area (Å²) in [6, 6.07) is 110. The monoisotopic (exact) mass is 1250 g/mol. The molecule has 2 aliphatic rings. The molecule has 0 N–H and O–H groups in total. The molecule has 15 rings (SSSR count). The Labute approximate surface area is 573 Å².